The maximum atomic E-state index is 14.3. The molecule has 43 heavy (non-hydrogen) atoms. The first-order chi connectivity index (χ1) is 20.0. The van der Waals surface area contributed by atoms with Gasteiger partial charge in [-0.1, -0.05) is 34.8 Å². The number of nitrogens with zero attached hydrogens (tertiary/aromatic N) is 1. The lowest BCUT2D eigenvalue weighted by atomic mass is 9.82. The number of rotatable bonds is 6. The second kappa shape index (κ2) is 13.3. The predicted molar refractivity (Wildman–Crippen MR) is 154 cm³/mol. The molecule has 1 heterocycles. The van der Waals surface area contributed by atoms with Crippen molar-refractivity contribution in [3.05, 3.63) is 68.3 Å². The molecule has 0 aliphatic heterocycles. The van der Waals surface area contributed by atoms with Gasteiger partial charge in [-0.25, -0.2) is 27.0 Å². The number of aromatic carboxylic acids is 1. The number of benzene rings is 2. The number of Topliss-reactive ketones (excluding diaryl/α,β-unsaturated/α-hetero) is 3. The molecule has 10 nitrogen and oxygen atoms in total. The van der Waals surface area contributed by atoms with Crippen molar-refractivity contribution in [3.8, 4) is 17.0 Å². The van der Waals surface area contributed by atoms with Crippen molar-refractivity contribution in [1.82, 2.24) is 4.98 Å². The molecule has 3 aromatic rings. The summed E-state index contributed by atoms with van der Waals surface area (Å²) in [5.41, 5.74) is 3.12. The van der Waals surface area contributed by atoms with E-state index in [0.717, 1.165) is 18.4 Å². The van der Waals surface area contributed by atoms with Gasteiger partial charge >= 0.3 is 5.97 Å². The SMILES string of the molecule is COc1c(Cl)ccc(-c2nc(C(=O)O)c(Cl)c(N)c2F)c1F.CS(=O)(=O)c1ccc(C(=O)C2C(=O)CCCC2=O)c(Cl)c1. The van der Waals surface area contributed by atoms with Gasteiger partial charge < -0.3 is 15.6 Å². The van der Waals surface area contributed by atoms with Crippen LogP contribution in [0.15, 0.2) is 35.2 Å². The highest BCUT2D eigenvalue weighted by atomic mass is 35.5. The summed E-state index contributed by atoms with van der Waals surface area (Å²) < 4.78 is 56.1. The number of carbonyl (C=O) groups excluding carboxylic acids is 3. The molecular formula is C27H21Cl3F2N2O8S. The van der Waals surface area contributed by atoms with Gasteiger partial charge in [-0.2, -0.15) is 0 Å². The molecule has 0 saturated heterocycles. The van der Waals surface area contributed by atoms with Gasteiger partial charge in [0.15, 0.2) is 50.3 Å². The van der Waals surface area contributed by atoms with Crippen LogP contribution in [0.2, 0.25) is 15.1 Å². The third kappa shape index (κ3) is 7.12. The Morgan fingerprint density at radius 3 is 2.14 bits per heavy atom. The summed E-state index contributed by atoms with van der Waals surface area (Å²) in [6, 6.07) is 6.03. The van der Waals surface area contributed by atoms with E-state index in [1.54, 1.807) is 0 Å². The number of ether oxygens (including phenoxy) is 1. The van der Waals surface area contributed by atoms with Crippen molar-refractivity contribution in [2.24, 2.45) is 5.92 Å². The lowest BCUT2D eigenvalue weighted by Gasteiger charge is -2.18. The summed E-state index contributed by atoms with van der Waals surface area (Å²) >= 11 is 17.3. The molecule has 1 fully saturated rings. The number of ketones is 3. The van der Waals surface area contributed by atoms with Gasteiger partial charge in [0.25, 0.3) is 0 Å². The van der Waals surface area contributed by atoms with Gasteiger partial charge in [-0.05, 0) is 36.8 Å². The maximum Gasteiger partial charge on any atom is 0.356 e. The number of methoxy groups -OCH3 is 1. The fourth-order valence-electron chi connectivity index (χ4n) is 4.06. The molecule has 1 aliphatic rings. The first-order valence-corrected chi connectivity index (χ1v) is 15.0. The van der Waals surface area contributed by atoms with Crippen molar-refractivity contribution >= 4 is 73.6 Å². The quantitative estimate of drug-likeness (QED) is 0.251. The van der Waals surface area contributed by atoms with Crippen LogP contribution >= 0.6 is 34.8 Å². The zero-order chi connectivity index (χ0) is 32.4. The van der Waals surface area contributed by atoms with Crippen molar-refractivity contribution in [3.63, 3.8) is 0 Å². The highest BCUT2D eigenvalue weighted by Crippen LogP contribution is 2.38. The molecule has 2 aromatic carbocycles. The third-order valence-corrected chi connectivity index (χ3v) is 8.31. The van der Waals surface area contributed by atoms with Gasteiger partial charge in [0, 0.05) is 30.2 Å². The smallest absolute Gasteiger partial charge is 0.356 e. The number of anilines is 1. The zero-order valence-electron chi connectivity index (χ0n) is 22.2. The zero-order valence-corrected chi connectivity index (χ0v) is 25.3. The van der Waals surface area contributed by atoms with E-state index in [1.165, 1.54) is 25.3 Å². The number of sulfone groups is 1. The number of hydrogen-bond donors (Lipinski definition) is 2. The van der Waals surface area contributed by atoms with Crippen LogP contribution in [0.25, 0.3) is 11.3 Å². The molecule has 1 saturated carbocycles. The summed E-state index contributed by atoms with van der Waals surface area (Å²) in [7, 11) is -2.27. The van der Waals surface area contributed by atoms with Gasteiger partial charge in [-0.15, -0.1) is 0 Å². The average molecular weight is 678 g/mol. The van der Waals surface area contributed by atoms with Crippen molar-refractivity contribution in [2.75, 3.05) is 19.1 Å². The summed E-state index contributed by atoms with van der Waals surface area (Å²) in [6.07, 6.45) is 1.87. The van der Waals surface area contributed by atoms with E-state index in [1.807, 2.05) is 0 Å². The van der Waals surface area contributed by atoms with Gasteiger partial charge in [0.05, 0.1) is 32.8 Å². The second-order valence-corrected chi connectivity index (χ2v) is 12.3. The third-order valence-electron chi connectivity index (χ3n) is 6.21. The maximum absolute atomic E-state index is 14.3. The van der Waals surface area contributed by atoms with Gasteiger partial charge in [0.1, 0.15) is 11.6 Å². The Morgan fingerprint density at radius 1 is 1.02 bits per heavy atom. The van der Waals surface area contributed by atoms with E-state index in [4.69, 9.17) is 50.4 Å². The first-order valence-electron chi connectivity index (χ1n) is 12.0. The number of aromatic nitrogens is 1. The molecule has 1 aliphatic carbocycles. The summed E-state index contributed by atoms with van der Waals surface area (Å²) in [4.78, 5) is 50.5. The summed E-state index contributed by atoms with van der Waals surface area (Å²) in [6.45, 7) is 0. The minimum Gasteiger partial charge on any atom is -0.492 e. The Bertz CT molecular complexity index is 1770. The van der Waals surface area contributed by atoms with Crippen LogP contribution in [0.4, 0.5) is 14.5 Å². The first kappa shape index (κ1) is 33.8. The highest BCUT2D eigenvalue weighted by Gasteiger charge is 2.37. The van der Waals surface area contributed by atoms with E-state index in [9.17, 15) is 36.4 Å². The molecule has 16 heteroatoms. The van der Waals surface area contributed by atoms with Crippen molar-refractivity contribution < 1.29 is 46.2 Å². The average Bonchev–Trinajstić information content (AvgIpc) is 2.92. The Labute approximate surface area is 258 Å². The monoisotopic (exact) mass is 676 g/mol. The molecule has 1 aromatic heterocycles. The number of nitrogens with two attached hydrogens (primary N) is 1. The molecule has 0 unspecified atom stereocenters. The summed E-state index contributed by atoms with van der Waals surface area (Å²) in [5.74, 6) is -6.77. The number of hydrogen-bond acceptors (Lipinski definition) is 9. The van der Waals surface area contributed by atoms with Crippen LogP contribution in [0.3, 0.4) is 0 Å². The van der Waals surface area contributed by atoms with Gasteiger partial charge in [0.2, 0.25) is 0 Å². The molecular weight excluding hydrogens is 657 g/mol. The Morgan fingerprint density at radius 2 is 1.63 bits per heavy atom. The number of halogens is 5. The molecule has 0 spiro atoms. The van der Waals surface area contributed by atoms with E-state index in [0.29, 0.717) is 6.42 Å². The Kier molecular flexibility index (Phi) is 10.5. The molecule has 0 amide bonds. The van der Waals surface area contributed by atoms with Crippen LogP contribution in [0, 0.1) is 17.6 Å². The second-order valence-electron chi connectivity index (χ2n) is 9.10. The number of pyridine rings is 1. The summed E-state index contributed by atoms with van der Waals surface area (Å²) in [5, 5.41) is 8.33. The molecule has 3 N–H and O–H groups in total. The lowest BCUT2D eigenvalue weighted by molar-refractivity contribution is -0.133. The van der Waals surface area contributed by atoms with Gasteiger partial charge in [-0.3, -0.25) is 14.4 Å². The topological polar surface area (TPSA) is 171 Å². The predicted octanol–water partition coefficient (Wildman–Crippen LogP) is 5.49. The largest absolute Gasteiger partial charge is 0.492 e. The molecule has 4 rings (SSSR count). The van der Waals surface area contributed by atoms with Crippen molar-refractivity contribution in [1.29, 1.82) is 0 Å². The molecule has 228 valence electrons. The fraction of sp³-hybridized carbons (Fsp3) is 0.222. The standard InChI is InChI=1S/C14H13ClO5S.C13H8Cl2F2N2O3/c1-21(19,20)8-5-6-9(10(15)7-8)14(18)13-11(16)3-2-4-12(13)17;1-22-12-5(14)3-2-4(7(12)16)10-8(17)9(18)6(15)11(19-10)13(20)21/h5-7,13H,2-4H2,1H3;2-3H,1H3,(H2,18,19)(H,20,21). The molecule has 0 atom stereocenters. The highest BCUT2D eigenvalue weighted by molar-refractivity contribution is 7.90. The van der Waals surface area contributed by atoms with E-state index < -0.39 is 72.8 Å². The Balaban J connectivity index is 0.000000236. The lowest BCUT2D eigenvalue weighted by Crippen LogP contribution is -2.35. The number of carboxylic acid groups (broad SMARTS) is 1. The Hall–Kier alpha value is -3.65. The van der Waals surface area contributed by atoms with E-state index in [-0.39, 0.29) is 44.7 Å². The van der Waals surface area contributed by atoms with E-state index in [2.05, 4.69) is 4.98 Å². The van der Waals surface area contributed by atoms with Crippen LogP contribution in [-0.4, -0.2) is 55.2 Å². The fourth-order valence-corrected chi connectivity index (χ4v) is 5.48. The number of nitrogen functional groups attached to an aromatic ring is 1. The van der Waals surface area contributed by atoms with Crippen molar-refractivity contribution in [2.45, 2.75) is 24.2 Å². The molecule has 0 radical (unpaired) electrons. The van der Waals surface area contributed by atoms with Crippen LogP contribution < -0.4 is 10.5 Å². The van der Waals surface area contributed by atoms with Crippen LogP contribution in [0.5, 0.6) is 5.75 Å². The van der Waals surface area contributed by atoms with E-state index >= 15 is 0 Å². The minimum atomic E-state index is -3.44. The minimum absolute atomic E-state index is 0.00216. The van der Waals surface area contributed by atoms with Crippen LogP contribution in [-0.2, 0) is 19.4 Å². The normalized spacial score (nSPS) is 13.7. The van der Waals surface area contributed by atoms with Crippen LogP contribution in [0.1, 0.15) is 40.1 Å². The molecule has 0 bridgehead atoms. The number of carboxylic acids is 1. The number of carbonyl (C=O) groups is 4.